The Morgan fingerprint density at radius 1 is 1.27 bits per heavy atom. The van der Waals surface area contributed by atoms with Gasteiger partial charge in [0.2, 0.25) is 0 Å². The van der Waals surface area contributed by atoms with E-state index in [4.69, 9.17) is 0 Å². The molecule has 88 valence electrons. The number of aliphatic hydroxyl groups excluding tert-OH is 4. The Labute approximate surface area is 85.5 Å². The summed E-state index contributed by atoms with van der Waals surface area (Å²) in [6.07, 6.45) is -7.42. The molecule has 1 rings (SSSR count). The third kappa shape index (κ3) is 1.84. The summed E-state index contributed by atoms with van der Waals surface area (Å²) in [5.74, 6) is -1.17. The molecule has 1 aliphatic carbocycles. The fourth-order valence-corrected chi connectivity index (χ4v) is 1.64. The molecule has 0 aromatic carbocycles. The zero-order valence-corrected chi connectivity index (χ0v) is 8.07. The summed E-state index contributed by atoms with van der Waals surface area (Å²) < 4.78 is 4.24. The fourth-order valence-electron chi connectivity index (χ4n) is 1.64. The first-order valence-electron chi connectivity index (χ1n) is 4.37. The van der Waals surface area contributed by atoms with Crippen molar-refractivity contribution < 1.29 is 35.1 Å². The maximum atomic E-state index is 11.2. The highest BCUT2D eigenvalue weighted by atomic mass is 16.5. The Kier molecular flexibility index (Phi) is 3.31. The number of aliphatic hydroxyl groups is 5. The first-order valence-corrected chi connectivity index (χ1v) is 4.37. The first-order chi connectivity index (χ1) is 6.84. The monoisotopic (exact) mass is 222 g/mol. The second-order valence-electron chi connectivity index (χ2n) is 3.61. The minimum Gasteiger partial charge on any atom is -0.467 e. The van der Waals surface area contributed by atoms with Gasteiger partial charge in [-0.1, -0.05) is 0 Å². The summed E-state index contributed by atoms with van der Waals surface area (Å²) in [5, 5.41) is 46.8. The van der Waals surface area contributed by atoms with Crippen LogP contribution in [0.25, 0.3) is 0 Å². The number of rotatable bonds is 1. The van der Waals surface area contributed by atoms with E-state index in [2.05, 4.69) is 4.74 Å². The second-order valence-corrected chi connectivity index (χ2v) is 3.61. The van der Waals surface area contributed by atoms with Crippen molar-refractivity contribution in [3.63, 3.8) is 0 Å². The van der Waals surface area contributed by atoms with E-state index in [0.717, 1.165) is 7.11 Å². The van der Waals surface area contributed by atoms with E-state index >= 15 is 0 Å². The van der Waals surface area contributed by atoms with Crippen molar-refractivity contribution in [3.8, 4) is 0 Å². The van der Waals surface area contributed by atoms with Crippen LogP contribution in [0.3, 0.4) is 0 Å². The predicted molar refractivity (Wildman–Crippen MR) is 45.6 cm³/mol. The molecule has 0 unspecified atom stereocenters. The quantitative estimate of drug-likeness (QED) is 0.295. The molecule has 0 heterocycles. The average Bonchev–Trinajstić information content (AvgIpc) is 2.22. The van der Waals surface area contributed by atoms with Crippen LogP contribution >= 0.6 is 0 Å². The van der Waals surface area contributed by atoms with Gasteiger partial charge in [0.15, 0.2) is 5.60 Å². The zero-order chi connectivity index (χ0) is 11.8. The molecular weight excluding hydrogens is 208 g/mol. The van der Waals surface area contributed by atoms with Crippen molar-refractivity contribution in [1.29, 1.82) is 0 Å². The molecule has 7 nitrogen and oxygen atoms in total. The van der Waals surface area contributed by atoms with Gasteiger partial charge in [-0.2, -0.15) is 0 Å². The highest BCUT2D eigenvalue weighted by molar-refractivity contribution is 5.80. The number of carbonyl (C=O) groups excluding carboxylic acids is 1. The molecule has 0 spiro atoms. The van der Waals surface area contributed by atoms with Crippen LogP contribution in [0.5, 0.6) is 0 Å². The van der Waals surface area contributed by atoms with Crippen LogP contribution < -0.4 is 0 Å². The van der Waals surface area contributed by atoms with Crippen LogP contribution in [-0.4, -0.2) is 68.6 Å². The maximum absolute atomic E-state index is 11.2. The zero-order valence-electron chi connectivity index (χ0n) is 8.07. The van der Waals surface area contributed by atoms with Crippen LogP contribution in [0.15, 0.2) is 0 Å². The summed E-state index contributed by atoms with van der Waals surface area (Å²) in [6, 6.07) is 0. The van der Waals surface area contributed by atoms with Crippen molar-refractivity contribution in [2.24, 2.45) is 0 Å². The molecule has 1 fully saturated rings. The number of ether oxygens (including phenoxy) is 1. The van der Waals surface area contributed by atoms with Gasteiger partial charge in [-0.25, -0.2) is 4.79 Å². The SMILES string of the molecule is COC(=O)[C@@]1(O)C[C@@H](O)[C@H](O)[C@@H](O)[C@@H]1O. The van der Waals surface area contributed by atoms with E-state index in [-0.39, 0.29) is 0 Å². The molecule has 5 atom stereocenters. The second kappa shape index (κ2) is 4.03. The highest BCUT2D eigenvalue weighted by Gasteiger charge is 2.56. The van der Waals surface area contributed by atoms with Crippen molar-refractivity contribution in [2.75, 3.05) is 7.11 Å². The van der Waals surface area contributed by atoms with E-state index < -0.39 is 42.4 Å². The minimum absolute atomic E-state index is 0.598. The first kappa shape index (κ1) is 12.3. The van der Waals surface area contributed by atoms with Crippen molar-refractivity contribution in [1.82, 2.24) is 0 Å². The standard InChI is InChI=1S/C8H14O7/c1-15-7(13)8(14)2-3(9)4(10)5(11)6(8)12/h3-6,9-12,14H,2H2,1H3/t3-,4+,5-,6+,8-/m1/s1. The molecular formula is C8H14O7. The molecule has 0 saturated heterocycles. The fraction of sp³-hybridized carbons (Fsp3) is 0.875. The van der Waals surface area contributed by atoms with Crippen LogP contribution in [0.1, 0.15) is 6.42 Å². The third-order valence-corrected chi connectivity index (χ3v) is 2.62. The molecule has 0 aromatic rings. The Morgan fingerprint density at radius 2 is 1.80 bits per heavy atom. The molecule has 5 N–H and O–H groups in total. The van der Waals surface area contributed by atoms with Gasteiger partial charge in [-0.05, 0) is 0 Å². The molecule has 0 bridgehead atoms. The van der Waals surface area contributed by atoms with Gasteiger partial charge in [0.05, 0.1) is 13.2 Å². The van der Waals surface area contributed by atoms with E-state index in [1.807, 2.05) is 0 Å². The number of methoxy groups -OCH3 is 1. The summed E-state index contributed by atoms with van der Waals surface area (Å²) in [7, 11) is 0.997. The molecule has 15 heavy (non-hydrogen) atoms. The number of hydrogen-bond donors (Lipinski definition) is 5. The molecule has 0 radical (unpaired) electrons. The van der Waals surface area contributed by atoms with Crippen LogP contribution in [-0.2, 0) is 9.53 Å². The van der Waals surface area contributed by atoms with Crippen LogP contribution in [0.2, 0.25) is 0 Å². The highest BCUT2D eigenvalue weighted by Crippen LogP contribution is 2.30. The van der Waals surface area contributed by atoms with Gasteiger partial charge in [0.25, 0.3) is 0 Å². The largest absolute Gasteiger partial charge is 0.467 e. The van der Waals surface area contributed by atoms with E-state index in [1.54, 1.807) is 0 Å². The minimum atomic E-state index is -2.40. The maximum Gasteiger partial charge on any atom is 0.340 e. The smallest absolute Gasteiger partial charge is 0.340 e. The van der Waals surface area contributed by atoms with Crippen LogP contribution in [0.4, 0.5) is 0 Å². The molecule has 0 amide bonds. The van der Waals surface area contributed by atoms with Gasteiger partial charge in [0.1, 0.15) is 18.3 Å². The summed E-state index contributed by atoms with van der Waals surface area (Å²) in [4.78, 5) is 11.2. The summed E-state index contributed by atoms with van der Waals surface area (Å²) in [5.41, 5.74) is -2.40. The Bertz CT molecular complexity index is 255. The van der Waals surface area contributed by atoms with E-state index in [1.165, 1.54) is 0 Å². The van der Waals surface area contributed by atoms with Gasteiger partial charge < -0.3 is 30.3 Å². The van der Waals surface area contributed by atoms with Gasteiger partial charge in [-0.15, -0.1) is 0 Å². The lowest BCUT2D eigenvalue weighted by atomic mass is 9.77. The molecule has 0 aromatic heterocycles. The summed E-state index contributed by atoms with van der Waals surface area (Å²) >= 11 is 0. The number of hydrogen-bond acceptors (Lipinski definition) is 7. The molecule has 1 aliphatic rings. The Hall–Kier alpha value is -0.730. The van der Waals surface area contributed by atoms with E-state index in [0.29, 0.717) is 0 Å². The molecule has 0 aliphatic heterocycles. The lowest BCUT2D eigenvalue weighted by Crippen LogP contribution is -2.66. The lowest BCUT2D eigenvalue weighted by Gasteiger charge is -2.42. The topological polar surface area (TPSA) is 127 Å². The van der Waals surface area contributed by atoms with Gasteiger partial charge >= 0.3 is 5.97 Å². The van der Waals surface area contributed by atoms with Gasteiger partial charge in [-0.3, -0.25) is 0 Å². The third-order valence-electron chi connectivity index (χ3n) is 2.62. The van der Waals surface area contributed by atoms with Gasteiger partial charge in [0, 0.05) is 6.42 Å². The van der Waals surface area contributed by atoms with E-state index in [9.17, 15) is 30.3 Å². The van der Waals surface area contributed by atoms with Crippen LogP contribution in [0, 0.1) is 0 Å². The van der Waals surface area contributed by atoms with Crippen molar-refractivity contribution in [2.45, 2.75) is 36.4 Å². The Balaban J connectivity index is 2.96. The lowest BCUT2D eigenvalue weighted by molar-refractivity contribution is -0.228. The number of carbonyl (C=O) groups is 1. The Morgan fingerprint density at radius 3 is 2.27 bits per heavy atom. The average molecular weight is 222 g/mol. The predicted octanol–water partition coefficient (Wildman–Crippen LogP) is -3.26. The molecule has 1 saturated carbocycles. The van der Waals surface area contributed by atoms with Crippen molar-refractivity contribution in [3.05, 3.63) is 0 Å². The normalized spacial score (nSPS) is 46.3. The number of esters is 1. The van der Waals surface area contributed by atoms with Crippen molar-refractivity contribution >= 4 is 5.97 Å². The summed E-state index contributed by atoms with van der Waals surface area (Å²) in [6.45, 7) is 0. The molecule has 7 heteroatoms.